The average Bonchev–Trinajstić information content (AvgIpc) is 2.21. The van der Waals surface area contributed by atoms with E-state index in [1.54, 1.807) is 6.08 Å². The molecular weight excluding hydrogens is 178 g/mol. The third-order valence-electron chi connectivity index (χ3n) is 1.72. The lowest BCUT2D eigenvalue weighted by Crippen LogP contribution is -2.24. The van der Waals surface area contributed by atoms with Crippen LogP contribution < -0.4 is 5.32 Å². The number of hydrogen-bond donors (Lipinski definition) is 1. The van der Waals surface area contributed by atoms with Crippen molar-refractivity contribution in [1.29, 1.82) is 0 Å². The third kappa shape index (κ3) is 11.6. The highest BCUT2D eigenvalue weighted by molar-refractivity contribution is 4.63. The molecule has 0 heterocycles. The molecule has 0 amide bonds. The van der Waals surface area contributed by atoms with Gasteiger partial charge in [0.15, 0.2) is 0 Å². The zero-order valence-corrected chi connectivity index (χ0v) is 9.26. The fourth-order valence-corrected chi connectivity index (χ4v) is 0.929. The Kier molecular flexibility index (Phi) is 12.3. The molecule has 84 valence electrons. The molecule has 0 aliphatic carbocycles. The van der Waals surface area contributed by atoms with Crippen LogP contribution in [0.1, 0.15) is 19.8 Å². The molecule has 14 heavy (non-hydrogen) atoms. The van der Waals surface area contributed by atoms with Gasteiger partial charge < -0.3 is 14.8 Å². The summed E-state index contributed by atoms with van der Waals surface area (Å²) in [5.41, 5.74) is 0. The Labute approximate surface area is 87.5 Å². The van der Waals surface area contributed by atoms with Crippen LogP contribution in [0.2, 0.25) is 0 Å². The molecule has 0 rings (SSSR count). The van der Waals surface area contributed by atoms with Crippen LogP contribution in [0.25, 0.3) is 0 Å². The van der Waals surface area contributed by atoms with E-state index in [1.165, 1.54) is 6.42 Å². The van der Waals surface area contributed by atoms with Gasteiger partial charge in [-0.3, -0.25) is 0 Å². The van der Waals surface area contributed by atoms with Gasteiger partial charge in [-0.05, 0) is 6.42 Å². The highest BCUT2D eigenvalue weighted by Crippen LogP contribution is 1.86. The van der Waals surface area contributed by atoms with Crippen LogP contribution in [-0.4, -0.2) is 39.5 Å². The average molecular weight is 201 g/mol. The van der Waals surface area contributed by atoms with E-state index < -0.39 is 0 Å². The van der Waals surface area contributed by atoms with Crippen LogP contribution in [0.4, 0.5) is 0 Å². The largest absolute Gasteiger partial charge is 0.380 e. The first-order chi connectivity index (χ1) is 6.91. The Balaban J connectivity index is 2.81. The van der Waals surface area contributed by atoms with Gasteiger partial charge in [0, 0.05) is 19.7 Å². The standard InChI is InChI=1S/C11H23NO2/c1-3-5-9-14-11-7-12-6-10-13-8-4-2/h4,12H,2-3,5-11H2,1H3. The van der Waals surface area contributed by atoms with Crippen LogP contribution >= 0.6 is 0 Å². The Hall–Kier alpha value is -0.380. The van der Waals surface area contributed by atoms with Crippen molar-refractivity contribution in [1.82, 2.24) is 5.32 Å². The molecule has 0 radical (unpaired) electrons. The van der Waals surface area contributed by atoms with Gasteiger partial charge in [0.05, 0.1) is 19.8 Å². The number of unbranched alkanes of at least 4 members (excludes halogenated alkanes) is 1. The number of rotatable bonds is 11. The minimum absolute atomic E-state index is 0.634. The SMILES string of the molecule is C=CCOCCNCCOCCCC. The van der Waals surface area contributed by atoms with E-state index in [0.717, 1.165) is 39.3 Å². The third-order valence-corrected chi connectivity index (χ3v) is 1.72. The van der Waals surface area contributed by atoms with E-state index in [1.807, 2.05) is 0 Å². The molecule has 0 unspecified atom stereocenters. The van der Waals surface area contributed by atoms with Gasteiger partial charge >= 0.3 is 0 Å². The van der Waals surface area contributed by atoms with Gasteiger partial charge in [0.2, 0.25) is 0 Å². The van der Waals surface area contributed by atoms with Gasteiger partial charge in [-0.2, -0.15) is 0 Å². The van der Waals surface area contributed by atoms with Crippen molar-refractivity contribution >= 4 is 0 Å². The summed E-state index contributed by atoms with van der Waals surface area (Å²) in [6, 6.07) is 0. The molecule has 0 aromatic heterocycles. The summed E-state index contributed by atoms with van der Waals surface area (Å²) in [5.74, 6) is 0. The molecule has 0 aliphatic rings. The fourth-order valence-electron chi connectivity index (χ4n) is 0.929. The van der Waals surface area contributed by atoms with Gasteiger partial charge in [-0.1, -0.05) is 19.4 Å². The first-order valence-corrected chi connectivity index (χ1v) is 5.39. The molecule has 0 saturated carbocycles. The van der Waals surface area contributed by atoms with E-state index in [4.69, 9.17) is 9.47 Å². The normalized spacial score (nSPS) is 10.4. The minimum atomic E-state index is 0.634. The molecular formula is C11H23NO2. The summed E-state index contributed by atoms with van der Waals surface area (Å²) in [7, 11) is 0. The van der Waals surface area contributed by atoms with Gasteiger partial charge in [-0.15, -0.1) is 6.58 Å². The molecule has 0 bridgehead atoms. The van der Waals surface area contributed by atoms with E-state index in [-0.39, 0.29) is 0 Å². The lowest BCUT2D eigenvalue weighted by atomic mass is 10.4. The molecule has 0 atom stereocenters. The van der Waals surface area contributed by atoms with E-state index >= 15 is 0 Å². The maximum Gasteiger partial charge on any atom is 0.0645 e. The van der Waals surface area contributed by atoms with E-state index in [2.05, 4.69) is 18.8 Å². The van der Waals surface area contributed by atoms with Crippen molar-refractivity contribution in [3.63, 3.8) is 0 Å². The molecule has 0 aromatic rings. The summed E-state index contributed by atoms with van der Waals surface area (Å²) in [6.45, 7) is 10.6. The minimum Gasteiger partial charge on any atom is -0.380 e. The van der Waals surface area contributed by atoms with Crippen molar-refractivity contribution in [2.45, 2.75) is 19.8 Å². The molecule has 3 nitrogen and oxygen atoms in total. The second-order valence-electron chi connectivity index (χ2n) is 3.08. The molecule has 0 fully saturated rings. The molecule has 3 heteroatoms. The van der Waals surface area contributed by atoms with Crippen LogP contribution in [0.5, 0.6) is 0 Å². The quantitative estimate of drug-likeness (QED) is 0.407. The Morgan fingerprint density at radius 2 is 1.86 bits per heavy atom. The van der Waals surface area contributed by atoms with Crippen molar-refractivity contribution in [2.75, 3.05) is 39.5 Å². The Morgan fingerprint density at radius 1 is 1.14 bits per heavy atom. The monoisotopic (exact) mass is 201 g/mol. The second-order valence-corrected chi connectivity index (χ2v) is 3.08. The smallest absolute Gasteiger partial charge is 0.0645 e. The maximum absolute atomic E-state index is 5.38. The topological polar surface area (TPSA) is 30.5 Å². The molecule has 0 saturated heterocycles. The first kappa shape index (κ1) is 13.6. The predicted octanol–water partition coefficient (Wildman–Crippen LogP) is 1.60. The van der Waals surface area contributed by atoms with Crippen LogP contribution in [0.15, 0.2) is 12.7 Å². The van der Waals surface area contributed by atoms with Crippen LogP contribution in [0, 0.1) is 0 Å². The van der Waals surface area contributed by atoms with E-state index in [0.29, 0.717) is 6.61 Å². The number of hydrogen-bond acceptors (Lipinski definition) is 3. The van der Waals surface area contributed by atoms with E-state index in [9.17, 15) is 0 Å². The highest BCUT2D eigenvalue weighted by Gasteiger charge is 1.88. The van der Waals surface area contributed by atoms with Crippen molar-refractivity contribution in [2.24, 2.45) is 0 Å². The van der Waals surface area contributed by atoms with Crippen molar-refractivity contribution < 1.29 is 9.47 Å². The summed E-state index contributed by atoms with van der Waals surface area (Å²) >= 11 is 0. The highest BCUT2D eigenvalue weighted by atomic mass is 16.5. The molecule has 0 aromatic carbocycles. The van der Waals surface area contributed by atoms with Crippen molar-refractivity contribution in [3.8, 4) is 0 Å². The first-order valence-electron chi connectivity index (χ1n) is 5.39. The molecule has 1 N–H and O–H groups in total. The lowest BCUT2D eigenvalue weighted by molar-refractivity contribution is 0.127. The summed E-state index contributed by atoms with van der Waals surface area (Å²) in [5, 5.41) is 3.24. The molecule has 0 aliphatic heterocycles. The van der Waals surface area contributed by atoms with Gasteiger partial charge in [0.25, 0.3) is 0 Å². The lowest BCUT2D eigenvalue weighted by Gasteiger charge is -2.05. The van der Waals surface area contributed by atoms with Crippen molar-refractivity contribution in [3.05, 3.63) is 12.7 Å². The summed E-state index contributed by atoms with van der Waals surface area (Å²) < 4.78 is 10.6. The zero-order chi connectivity index (χ0) is 10.5. The number of ether oxygens (including phenoxy) is 2. The number of nitrogens with one attached hydrogen (secondary N) is 1. The maximum atomic E-state index is 5.38. The zero-order valence-electron chi connectivity index (χ0n) is 9.26. The second kappa shape index (κ2) is 12.6. The van der Waals surface area contributed by atoms with Gasteiger partial charge in [-0.25, -0.2) is 0 Å². The van der Waals surface area contributed by atoms with Crippen LogP contribution in [-0.2, 0) is 9.47 Å². The Bertz CT molecular complexity index is 118. The van der Waals surface area contributed by atoms with Gasteiger partial charge in [0.1, 0.15) is 0 Å². The predicted molar refractivity (Wildman–Crippen MR) is 59.6 cm³/mol. The Morgan fingerprint density at radius 3 is 2.50 bits per heavy atom. The molecule has 0 spiro atoms. The summed E-state index contributed by atoms with van der Waals surface area (Å²) in [6.07, 6.45) is 4.11. The fraction of sp³-hybridized carbons (Fsp3) is 0.818. The van der Waals surface area contributed by atoms with Crippen LogP contribution in [0.3, 0.4) is 0 Å². The summed E-state index contributed by atoms with van der Waals surface area (Å²) in [4.78, 5) is 0.